The van der Waals surface area contributed by atoms with Crippen molar-refractivity contribution in [3.63, 3.8) is 0 Å². The van der Waals surface area contributed by atoms with Crippen LogP contribution in [0.3, 0.4) is 0 Å². The van der Waals surface area contributed by atoms with E-state index < -0.39 is 13.0 Å². The molecule has 37 heavy (non-hydrogen) atoms. The molecule has 3 aromatic heterocycles. The zero-order chi connectivity index (χ0) is 26.7. The lowest BCUT2D eigenvalue weighted by molar-refractivity contribution is 0.0995. The summed E-state index contributed by atoms with van der Waals surface area (Å²) in [5, 5.41) is 27.6. The van der Waals surface area contributed by atoms with E-state index >= 15 is 0 Å². The summed E-state index contributed by atoms with van der Waals surface area (Å²) < 4.78 is 20.0. The molecule has 1 amide bonds. The van der Waals surface area contributed by atoms with Gasteiger partial charge in [-0.25, -0.2) is 4.98 Å². The van der Waals surface area contributed by atoms with Gasteiger partial charge in [-0.15, -0.1) is 10.2 Å². The number of nitriles is 1. The number of hydrogen-bond donors (Lipinski definition) is 3. The van der Waals surface area contributed by atoms with Crippen molar-refractivity contribution in [3.8, 4) is 23.1 Å². The lowest BCUT2D eigenvalue weighted by Gasteiger charge is -2.16. The van der Waals surface area contributed by atoms with E-state index in [1.807, 2.05) is 12.1 Å². The molecule has 1 aromatic carbocycles. The Morgan fingerprint density at radius 2 is 1.89 bits per heavy atom. The van der Waals surface area contributed by atoms with Crippen molar-refractivity contribution >= 4 is 41.5 Å². The highest BCUT2D eigenvalue weighted by Crippen LogP contribution is 2.40. The number of aryl methyl sites for hydroxylation is 1. The number of rotatable bonds is 8. The van der Waals surface area contributed by atoms with Gasteiger partial charge in [-0.05, 0) is 43.7 Å². The molecule has 0 saturated carbocycles. The van der Waals surface area contributed by atoms with Crippen LogP contribution in [-0.4, -0.2) is 51.3 Å². The lowest BCUT2D eigenvalue weighted by atomic mass is 10.1. The molecule has 4 aromatic rings. The van der Waals surface area contributed by atoms with E-state index in [2.05, 4.69) is 30.9 Å². The average molecular weight is 517 g/mol. The van der Waals surface area contributed by atoms with Crippen LogP contribution >= 0.6 is 7.14 Å². The van der Waals surface area contributed by atoms with Gasteiger partial charge in [0.2, 0.25) is 0 Å². The molecule has 188 valence electrons. The summed E-state index contributed by atoms with van der Waals surface area (Å²) in [6.07, 6.45) is 1.42. The molecule has 0 aliphatic heterocycles. The van der Waals surface area contributed by atoms with Crippen LogP contribution in [0.25, 0.3) is 11.3 Å². The largest absolute Gasteiger partial charge is 0.494 e. The lowest BCUT2D eigenvalue weighted by Crippen LogP contribution is -2.17. The van der Waals surface area contributed by atoms with Crippen LogP contribution < -0.4 is 26.5 Å². The van der Waals surface area contributed by atoms with Gasteiger partial charge in [0.25, 0.3) is 5.91 Å². The maximum absolute atomic E-state index is 12.7. The van der Waals surface area contributed by atoms with Gasteiger partial charge in [0, 0.05) is 24.9 Å². The Labute approximate surface area is 212 Å². The molecule has 4 rings (SSSR count). The average Bonchev–Trinajstić information content (AvgIpc) is 3.26. The molecule has 0 fully saturated rings. The smallest absolute Gasteiger partial charge is 0.271 e. The maximum Gasteiger partial charge on any atom is 0.271 e. The van der Waals surface area contributed by atoms with Crippen LogP contribution in [-0.2, 0) is 11.6 Å². The highest BCUT2D eigenvalue weighted by molar-refractivity contribution is 7.69. The van der Waals surface area contributed by atoms with E-state index in [1.165, 1.54) is 13.3 Å². The number of anilines is 4. The third-order valence-corrected chi connectivity index (χ3v) is 6.87. The summed E-state index contributed by atoms with van der Waals surface area (Å²) in [6, 6.07) is 13.9. The Morgan fingerprint density at radius 3 is 2.49 bits per heavy atom. The zero-order valence-electron chi connectivity index (χ0n) is 20.6. The predicted octanol–water partition coefficient (Wildman–Crippen LogP) is 2.99. The number of pyridine rings is 1. The second kappa shape index (κ2) is 10.1. The van der Waals surface area contributed by atoms with E-state index in [4.69, 9.17) is 15.7 Å². The molecule has 4 N–H and O–H groups in total. The summed E-state index contributed by atoms with van der Waals surface area (Å²) in [4.78, 5) is 16.2. The van der Waals surface area contributed by atoms with Crippen molar-refractivity contribution in [1.82, 2.24) is 25.0 Å². The Balaban J connectivity index is 1.72. The van der Waals surface area contributed by atoms with Crippen LogP contribution in [0.5, 0.6) is 5.75 Å². The number of amides is 1. The number of nitrogens with zero attached hydrogens (tertiary/aromatic N) is 6. The summed E-state index contributed by atoms with van der Waals surface area (Å²) >= 11 is 0. The molecule has 0 aliphatic carbocycles. The summed E-state index contributed by atoms with van der Waals surface area (Å²) in [7, 11) is 0.705. The number of aromatic nitrogens is 5. The minimum absolute atomic E-state index is 0.0798. The van der Waals surface area contributed by atoms with Crippen molar-refractivity contribution < 1.29 is 14.1 Å². The van der Waals surface area contributed by atoms with Crippen LogP contribution in [0.2, 0.25) is 0 Å². The van der Waals surface area contributed by atoms with Gasteiger partial charge >= 0.3 is 0 Å². The maximum atomic E-state index is 12.7. The van der Waals surface area contributed by atoms with Gasteiger partial charge in [0.05, 0.1) is 35.2 Å². The van der Waals surface area contributed by atoms with Crippen molar-refractivity contribution in [3.05, 3.63) is 59.9 Å². The Hall–Kier alpha value is -4.75. The first kappa shape index (κ1) is 25.3. The number of methoxy groups -OCH3 is 1. The Morgan fingerprint density at radius 1 is 1.11 bits per heavy atom. The number of carbonyl (C=O) groups excluding carboxylic acids is 1. The van der Waals surface area contributed by atoms with Gasteiger partial charge in [-0.1, -0.05) is 6.07 Å². The second-order valence-electron chi connectivity index (χ2n) is 8.40. The molecule has 0 unspecified atom stereocenters. The Bertz CT molecular complexity index is 1570. The molecular weight excluding hydrogens is 493 g/mol. The van der Waals surface area contributed by atoms with E-state index in [0.29, 0.717) is 39.5 Å². The number of hydrogen-bond acceptors (Lipinski definition) is 10. The fourth-order valence-corrected chi connectivity index (χ4v) is 4.87. The molecule has 0 spiro atoms. The third-order valence-electron chi connectivity index (χ3n) is 5.35. The SMILES string of the molecule is COc1c(Nc2cc(Nc3ccc(C#N)cn3)nnc2C(N)=O)cccc1-c1cc(P(C)(C)=O)n(C)n1. The highest BCUT2D eigenvalue weighted by atomic mass is 31.2. The topological polar surface area (TPSA) is 174 Å². The molecular formula is C24H24N9O3P. The fraction of sp³-hybridized carbons (Fsp3) is 0.167. The normalized spacial score (nSPS) is 11.0. The van der Waals surface area contributed by atoms with Gasteiger partial charge < -0.3 is 25.7 Å². The van der Waals surface area contributed by atoms with Gasteiger partial charge in [0.1, 0.15) is 19.0 Å². The van der Waals surface area contributed by atoms with Crippen LogP contribution in [0.1, 0.15) is 16.1 Å². The van der Waals surface area contributed by atoms with Crippen LogP contribution in [0.15, 0.2) is 48.7 Å². The first-order valence-electron chi connectivity index (χ1n) is 11.0. The molecule has 12 nitrogen and oxygen atoms in total. The number of nitrogens with one attached hydrogen (secondary N) is 2. The van der Waals surface area contributed by atoms with E-state index in [0.717, 1.165) is 0 Å². The van der Waals surface area contributed by atoms with Crippen molar-refractivity contribution in [2.75, 3.05) is 31.1 Å². The summed E-state index contributed by atoms with van der Waals surface area (Å²) in [5.74, 6) is 0.394. The molecule has 0 bridgehead atoms. The molecule has 0 saturated heterocycles. The monoisotopic (exact) mass is 517 g/mol. The van der Waals surface area contributed by atoms with Gasteiger partial charge in [-0.3, -0.25) is 9.48 Å². The minimum atomic E-state index is -2.55. The van der Waals surface area contributed by atoms with Crippen LogP contribution in [0.4, 0.5) is 23.0 Å². The molecule has 0 aliphatic rings. The first-order valence-corrected chi connectivity index (χ1v) is 13.6. The van der Waals surface area contributed by atoms with E-state index in [9.17, 15) is 9.36 Å². The van der Waals surface area contributed by atoms with Gasteiger partial charge in [0.15, 0.2) is 17.3 Å². The van der Waals surface area contributed by atoms with Crippen molar-refractivity contribution in [2.24, 2.45) is 12.8 Å². The molecule has 13 heteroatoms. The number of carbonyl (C=O) groups is 1. The number of nitrogens with two attached hydrogens (primary N) is 1. The van der Waals surface area contributed by atoms with Crippen LogP contribution in [0, 0.1) is 11.3 Å². The zero-order valence-corrected chi connectivity index (χ0v) is 21.4. The molecule has 0 radical (unpaired) electrons. The fourth-order valence-electron chi connectivity index (χ4n) is 3.69. The van der Waals surface area contributed by atoms with Crippen molar-refractivity contribution in [1.29, 1.82) is 5.26 Å². The van der Waals surface area contributed by atoms with Gasteiger partial charge in [-0.2, -0.15) is 10.4 Å². The Kier molecular flexibility index (Phi) is 6.91. The standard InChI is InChI=1S/C24H24N9O3P/c1-33-21(37(3,4)35)11-17(32-33)15-6-5-7-16(23(15)36-2)28-18-10-20(30-31-22(18)24(26)34)29-19-9-8-14(12-25)13-27-19/h5-11,13H,1-4H3,(H2,26,34)(H2,27,28,29,30). The van der Waals surface area contributed by atoms with E-state index in [-0.39, 0.29) is 17.2 Å². The minimum Gasteiger partial charge on any atom is -0.494 e. The van der Waals surface area contributed by atoms with Crippen molar-refractivity contribution in [2.45, 2.75) is 0 Å². The quantitative estimate of drug-likeness (QED) is 0.295. The first-order chi connectivity index (χ1) is 17.6. The second-order valence-corrected chi connectivity index (χ2v) is 11.6. The predicted molar refractivity (Wildman–Crippen MR) is 140 cm³/mol. The molecule has 0 atom stereocenters. The highest BCUT2D eigenvalue weighted by Gasteiger charge is 2.22. The summed E-state index contributed by atoms with van der Waals surface area (Å²) in [5.41, 5.74) is 8.54. The van der Waals surface area contributed by atoms with E-state index in [1.54, 1.807) is 61.5 Å². The summed E-state index contributed by atoms with van der Waals surface area (Å²) in [6.45, 7) is 3.37. The number of primary amides is 1. The third kappa shape index (κ3) is 5.42. The molecule has 3 heterocycles. The number of para-hydroxylation sites is 1. The number of ether oxygens (including phenoxy) is 1. The number of benzene rings is 1.